The minimum absolute atomic E-state index is 0.328. The van der Waals surface area contributed by atoms with E-state index in [1.807, 2.05) is 0 Å². The molecule has 0 aliphatic rings. The monoisotopic (exact) mass is 230 g/mol. The molecule has 0 aliphatic carbocycles. The maximum atomic E-state index is 11.3. The summed E-state index contributed by atoms with van der Waals surface area (Å²) in [5.41, 5.74) is 0.451. The van der Waals surface area contributed by atoms with Crippen LogP contribution in [0.2, 0.25) is 0 Å². The van der Waals surface area contributed by atoms with E-state index in [0.29, 0.717) is 5.56 Å². The van der Waals surface area contributed by atoms with Crippen LogP contribution in [0.15, 0.2) is 30.3 Å². The molecule has 0 bridgehead atoms. The van der Waals surface area contributed by atoms with Gasteiger partial charge in [0.05, 0.1) is 0 Å². The first-order valence-corrected chi connectivity index (χ1v) is 4.99. The van der Waals surface area contributed by atoms with Gasteiger partial charge >= 0.3 is 87.6 Å². The Labute approximate surface area is 87.9 Å². The molecule has 1 rings (SSSR count). The van der Waals surface area contributed by atoms with Crippen molar-refractivity contribution in [2.45, 2.75) is 6.42 Å². The van der Waals surface area contributed by atoms with E-state index in [9.17, 15) is 13.3 Å². The van der Waals surface area contributed by atoms with Crippen LogP contribution in [-0.2, 0) is 28.7 Å². The zero-order valence-corrected chi connectivity index (χ0v) is 8.57. The molecule has 5 heteroatoms. The molecular formula is C9H7O4V. The van der Waals surface area contributed by atoms with Gasteiger partial charge in [-0.3, -0.25) is 0 Å². The average Bonchev–Trinajstić information content (AvgIpc) is 2.19. The van der Waals surface area contributed by atoms with Crippen LogP contribution in [0, 0.1) is 0 Å². The first-order valence-electron chi connectivity index (χ1n) is 3.85. The molecule has 1 aromatic rings. The predicted molar refractivity (Wildman–Crippen MR) is 42.2 cm³/mol. The Morgan fingerprint density at radius 2 is 1.86 bits per heavy atom. The Balaban J connectivity index is 2.59. The average molecular weight is 230 g/mol. The molecule has 0 saturated heterocycles. The van der Waals surface area contributed by atoms with E-state index in [1.165, 1.54) is 0 Å². The molecule has 0 aliphatic heterocycles. The molecule has 0 heterocycles. The predicted octanol–water partition coefficient (Wildman–Crippen LogP) is 1.15. The summed E-state index contributed by atoms with van der Waals surface area (Å²) >= 11 is -1.66. The number of Topliss-reactive ketones (excluding diaryl/α,β-unsaturated/α-hetero) is 1. The van der Waals surface area contributed by atoms with Gasteiger partial charge in [0.1, 0.15) is 0 Å². The van der Waals surface area contributed by atoms with E-state index < -0.39 is 22.6 Å². The second kappa shape index (κ2) is 5.47. The number of carbonyl (C=O) groups is 2. The van der Waals surface area contributed by atoms with Crippen molar-refractivity contribution in [2.24, 2.45) is 0 Å². The minimum atomic E-state index is -1.66. The zero-order valence-electron chi connectivity index (χ0n) is 7.17. The van der Waals surface area contributed by atoms with Gasteiger partial charge in [0.2, 0.25) is 0 Å². The van der Waals surface area contributed by atoms with Gasteiger partial charge in [0.15, 0.2) is 0 Å². The van der Waals surface area contributed by atoms with Crippen molar-refractivity contribution in [3.8, 4) is 0 Å². The number of hydrogen-bond acceptors (Lipinski definition) is 4. The molecule has 0 radical (unpaired) electrons. The molecule has 0 N–H and O–H groups in total. The molecular weight excluding hydrogens is 223 g/mol. The van der Waals surface area contributed by atoms with Crippen molar-refractivity contribution in [2.75, 3.05) is 0 Å². The van der Waals surface area contributed by atoms with Crippen LogP contribution >= 0.6 is 0 Å². The summed E-state index contributed by atoms with van der Waals surface area (Å²) < 4.78 is 14.2. The Hall–Kier alpha value is -1.26. The molecule has 4 nitrogen and oxygen atoms in total. The molecule has 0 unspecified atom stereocenters. The molecule has 0 spiro atoms. The van der Waals surface area contributed by atoms with Gasteiger partial charge in [0.25, 0.3) is 0 Å². The Morgan fingerprint density at radius 1 is 1.21 bits per heavy atom. The first-order chi connectivity index (χ1) is 6.74. The quantitative estimate of drug-likeness (QED) is 0.574. The number of benzene rings is 1. The molecule has 0 atom stereocenters. The van der Waals surface area contributed by atoms with Crippen molar-refractivity contribution >= 4 is 11.8 Å². The number of ketones is 1. The molecule has 0 saturated carbocycles. The molecule has 0 aromatic heterocycles. The second-order valence-corrected chi connectivity index (χ2v) is 3.02. The van der Waals surface area contributed by atoms with Crippen molar-refractivity contribution < 1.29 is 33.5 Å². The fourth-order valence-corrected chi connectivity index (χ4v) is 1.16. The SMILES string of the molecule is [O]=[V][O]C(=O)CC(=O)c1ccccc1. The van der Waals surface area contributed by atoms with Gasteiger partial charge in [-0.15, -0.1) is 0 Å². The van der Waals surface area contributed by atoms with E-state index in [0.717, 1.165) is 0 Å². The molecule has 0 fully saturated rings. The third-order valence-corrected chi connectivity index (χ3v) is 1.97. The topological polar surface area (TPSA) is 60.4 Å². The van der Waals surface area contributed by atoms with E-state index in [1.54, 1.807) is 30.3 Å². The maximum absolute atomic E-state index is 11.3. The van der Waals surface area contributed by atoms with Crippen LogP contribution in [0.4, 0.5) is 0 Å². The summed E-state index contributed by atoms with van der Waals surface area (Å²) in [6.45, 7) is 0. The van der Waals surface area contributed by atoms with Crippen LogP contribution in [0.1, 0.15) is 16.8 Å². The fraction of sp³-hybridized carbons (Fsp3) is 0.111. The van der Waals surface area contributed by atoms with Crippen LogP contribution in [0.5, 0.6) is 0 Å². The summed E-state index contributed by atoms with van der Waals surface area (Å²) in [5.74, 6) is -1.07. The standard InChI is InChI=1S/C9H8O3.O.V/c10-8(6-9(11)12)7-4-2-1-3-5-7;;/h1-5H,6H2,(H,11,12);;/q;;+1/p-1. The molecule has 72 valence electrons. The Kier molecular flexibility index (Phi) is 4.23. The summed E-state index contributed by atoms with van der Waals surface area (Å²) in [5, 5.41) is 0. The summed E-state index contributed by atoms with van der Waals surface area (Å²) in [6, 6.07) is 8.41. The van der Waals surface area contributed by atoms with E-state index >= 15 is 0 Å². The van der Waals surface area contributed by atoms with Gasteiger partial charge in [0, 0.05) is 0 Å². The molecule has 0 amide bonds. The van der Waals surface area contributed by atoms with Crippen LogP contribution < -0.4 is 0 Å². The van der Waals surface area contributed by atoms with Gasteiger partial charge in [-0.05, 0) is 0 Å². The third-order valence-electron chi connectivity index (χ3n) is 1.54. The van der Waals surface area contributed by atoms with Gasteiger partial charge in [-0.1, -0.05) is 0 Å². The van der Waals surface area contributed by atoms with E-state index in [4.69, 9.17) is 0 Å². The third kappa shape index (κ3) is 3.24. The first kappa shape index (κ1) is 10.8. The van der Waals surface area contributed by atoms with Crippen LogP contribution in [0.25, 0.3) is 0 Å². The van der Waals surface area contributed by atoms with Crippen molar-refractivity contribution in [3.63, 3.8) is 0 Å². The Morgan fingerprint density at radius 3 is 2.43 bits per heavy atom. The Bertz CT molecular complexity index is 347. The molecule has 14 heavy (non-hydrogen) atoms. The van der Waals surface area contributed by atoms with Gasteiger partial charge in [-0.25, -0.2) is 0 Å². The fourth-order valence-electron chi connectivity index (χ4n) is 0.931. The second-order valence-electron chi connectivity index (χ2n) is 2.50. The van der Waals surface area contributed by atoms with Crippen molar-refractivity contribution in [1.82, 2.24) is 0 Å². The van der Waals surface area contributed by atoms with Gasteiger partial charge in [-0.2, -0.15) is 0 Å². The zero-order chi connectivity index (χ0) is 10.4. The van der Waals surface area contributed by atoms with E-state index in [-0.39, 0.29) is 12.2 Å². The van der Waals surface area contributed by atoms with Gasteiger partial charge < -0.3 is 0 Å². The normalized spacial score (nSPS) is 9.14. The van der Waals surface area contributed by atoms with Crippen LogP contribution in [0.3, 0.4) is 0 Å². The number of rotatable bonds is 4. The summed E-state index contributed by atoms with van der Waals surface area (Å²) in [6.07, 6.45) is -0.359. The molecule has 1 aromatic carbocycles. The van der Waals surface area contributed by atoms with E-state index in [2.05, 4.69) is 3.66 Å². The summed E-state index contributed by atoms with van der Waals surface area (Å²) in [4.78, 5) is 22.1. The summed E-state index contributed by atoms with van der Waals surface area (Å²) in [7, 11) is 0. The number of carbonyl (C=O) groups excluding carboxylic acids is 2. The number of hydrogen-bond donors (Lipinski definition) is 0. The van der Waals surface area contributed by atoms with Crippen molar-refractivity contribution in [1.29, 1.82) is 0 Å². The van der Waals surface area contributed by atoms with Crippen LogP contribution in [-0.4, -0.2) is 11.8 Å². The van der Waals surface area contributed by atoms with Crippen molar-refractivity contribution in [3.05, 3.63) is 35.9 Å².